The Morgan fingerprint density at radius 1 is 1.33 bits per heavy atom. The Kier molecular flexibility index (Phi) is 2.15. The fourth-order valence-corrected chi connectivity index (χ4v) is 1.66. The second-order valence-electron chi connectivity index (χ2n) is 4.09. The van der Waals surface area contributed by atoms with E-state index in [0.717, 1.165) is 5.56 Å². The molecule has 1 aromatic rings. The smallest absolute Gasteiger partial charge is 0.272 e. The van der Waals surface area contributed by atoms with Crippen molar-refractivity contribution in [2.45, 2.75) is 24.8 Å². The van der Waals surface area contributed by atoms with E-state index < -0.39 is 11.5 Å². The van der Waals surface area contributed by atoms with Gasteiger partial charge in [0.2, 0.25) is 0 Å². The molecule has 0 saturated heterocycles. The molecule has 1 unspecified atom stereocenters. The van der Waals surface area contributed by atoms with Crippen LogP contribution in [-0.2, 0) is 0 Å². The number of hydrogen-bond donors (Lipinski definition) is 1. The third-order valence-electron chi connectivity index (χ3n) is 2.91. The molecule has 0 spiro atoms. The van der Waals surface area contributed by atoms with Crippen LogP contribution in [0.15, 0.2) is 35.9 Å². The molecular weight excluding hydrogens is 196 g/mol. The van der Waals surface area contributed by atoms with Crippen molar-refractivity contribution >= 4 is 6.08 Å². The average molecular weight is 209 g/mol. The van der Waals surface area contributed by atoms with Gasteiger partial charge in [0.25, 0.3) is 5.92 Å². The third kappa shape index (κ3) is 1.67. The van der Waals surface area contributed by atoms with Crippen LogP contribution in [0.4, 0.5) is 8.78 Å². The van der Waals surface area contributed by atoms with Crippen molar-refractivity contribution < 1.29 is 8.78 Å². The van der Waals surface area contributed by atoms with Crippen molar-refractivity contribution in [3.05, 3.63) is 41.5 Å². The third-order valence-corrected chi connectivity index (χ3v) is 2.91. The van der Waals surface area contributed by atoms with Crippen molar-refractivity contribution in [2.24, 2.45) is 5.73 Å². The van der Waals surface area contributed by atoms with Crippen molar-refractivity contribution in [1.29, 1.82) is 0 Å². The van der Waals surface area contributed by atoms with Crippen LogP contribution >= 0.6 is 0 Å². The topological polar surface area (TPSA) is 26.0 Å². The Labute approximate surface area is 87.6 Å². The minimum Gasteiger partial charge on any atom is -0.317 e. The Bertz CT molecular complexity index is 397. The van der Waals surface area contributed by atoms with Crippen LogP contribution in [0.1, 0.15) is 18.9 Å². The van der Waals surface area contributed by atoms with E-state index in [1.165, 1.54) is 0 Å². The molecule has 0 amide bonds. The monoisotopic (exact) mass is 209 g/mol. The second kappa shape index (κ2) is 3.14. The number of nitrogens with two attached hydrogens (primary N) is 1. The molecule has 1 aliphatic carbocycles. The molecule has 2 rings (SSSR count). The average Bonchev–Trinajstić information content (AvgIpc) is 2.69. The summed E-state index contributed by atoms with van der Waals surface area (Å²) < 4.78 is 25.9. The molecule has 2 N–H and O–H groups in total. The van der Waals surface area contributed by atoms with E-state index in [9.17, 15) is 8.78 Å². The molecule has 15 heavy (non-hydrogen) atoms. The van der Waals surface area contributed by atoms with Gasteiger partial charge >= 0.3 is 0 Å². The van der Waals surface area contributed by atoms with E-state index in [0.29, 0.717) is 5.57 Å². The maximum absolute atomic E-state index is 13.0. The van der Waals surface area contributed by atoms with Crippen LogP contribution in [0.5, 0.6) is 0 Å². The highest BCUT2D eigenvalue weighted by Gasteiger charge is 2.69. The lowest BCUT2D eigenvalue weighted by atomic mass is 10.0. The molecule has 0 heterocycles. The summed E-state index contributed by atoms with van der Waals surface area (Å²) in [6.07, 6.45) is 1.48. The first-order valence-electron chi connectivity index (χ1n) is 4.86. The summed E-state index contributed by atoms with van der Waals surface area (Å²) in [4.78, 5) is 0. The summed E-state index contributed by atoms with van der Waals surface area (Å²) in [7, 11) is 0. The first kappa shape index (κ1) is 10.3. The van der Waals surface area contributed by atoms with Gasteiger partial charge in [-0.25, -0.2) is 8.78 Å². The lowest BCUT2D eigenvalue weighted by Gasteiger charge is -2.10. The predicted octanol–water partition coefficient (Wildman–Crippen LogP) is 2.83. The minimum atomic E-state index is -2.73. The zero-order valence-corrected chi connectivity index (χ0v) is 8.50. The highest BCUT2D eigenvalue weighted by Crippen LogP contribution is 2.55. The SMILES string of the molecule is C/C(=C\c1ccccc1)C1(N)CC1(F)F. The Morgan fingerprint density at radius 3 is 2.33 bits per heavy atom. The molecule has 0 aromatic heterocycles. The summed E-state index contributed by atoms with van der Waals surface area (Å²) in [5.74, 6) is -2.73. The molecule has 0 aliphatic heterocycles. The normalized spacial score (nSPS) is 28.9. The van der Waals surface area contributed by atoms with Crippen molar-refractivity contribution in [3.8, 4) is 0 Å². The molecule has 0 radical (unpaired) electrons. The first-order chi connectivity index (χ1) is 6.96. The Hall–Kier alpha value is -1.22. The maximum atomic E-state index is 13.0. The molecule has 1 fully saturated rings. The zero-order chi connectivity index (χ0) is 11.1. The lowest BCUT2D eigenvalue weighted by Crippen LogP contribution is -2.31. The van der Waals surface area contributed by atoms with Crippen molar-refractivity contribution in [1.82, 2.24) is 0 Å². The van der Waals surface area contributed by atoms with Crippen LogP contribution in [0.3, 0.4) is 0 Å². The van der Waals surface area contributed by atoms with E-state index in [4.69, 9.17) is 5.73 Å². The molecule has 80 valence electrons. The van der Waals surface area contributed by atoms with Crippen molar-refractivity contribution in [3.63, 3.8) is 0 Å². The largest absolute Gasteiger partial charge is 0.317 e. The van der Waals surface area contributed by atoms with E-state index in [1.807, 2.05) is 30.3 Å². The van der Waals surface area contributed by atoms with E-state index in [-0.39, 0.29) is 6.42 Å². The zero-order valence-electron chi connectivity index (χ0n) is 8.50. The molecule has 1 atom stereocenters. The predicted molar refractivity (Wildman–Crippen MR) is 56.6 cm³/mol. The molecule has 3 heteroatoms. The van der Waals surface area contributed by atoms with Crippen LogP contribution in [0.2, 0.25) is 0 Å². The molecule has 0 bridgehead atoms. The van der Waals surface area contributed by atoms with Crippen LogP contribution < -0.4 is 5.73 Å². The fourth-order valence-electron chi connectivity index (χ4n) is 1.66. The van der Waals surface area contributed by atoms with Crippen LogP contribution in [0.25, 0.3) is 6.08 Å². The molecule has 1 aromatic carbocycles. The minimum absolute atomic E-state index is 0.241. The van der Waals surface area contributed by atoms with Gasteiger partial charge in [-0.3, -0.25) is 0 Å². The summed E-state index contributed by atoms with van der Waals surface area (Å²) in [5.41, 5.74) is 5.63. The Morgan fingerprint density at radius 2 is 1.87 bits per heavy atom. The number of rotatable bonds is 2. The molecule has 1 saturated carbocycles. The van der Waals surface area contributed by atoms with Crippen LogP contribution in [0, 0.1) is 0 Å². The number of halogens is 2. The summed E-state index contributed by atoms with van der Waals surface area (Å²) in [5, 5.41) is 0. The van der Waals surface area contributed by atoms with Gasteiger partial charge in [-0.05, 0) is 18.1 Å². The molecule has 1 nitrogen and oxygen atoms in total. The van der Waals surface area contributed by atoms with E-state index in [1.54, 1.807) is 13.0 Å². The lowest BCUT2D eigenvalue weighted by molar-refractivity contribution is 0.0975. The van der Waals surface area contributed by atoms with Gasteiger partial charge in [0, 0.05) is 6.42 Å². The highest BCUT2D eigenvalue weighted by molar-refractivity contribution is 5.57. The quantitative estimate of drug-likeness (QED) is 0.796. The number of benzene rings is 1. The van der Waals surface area contributed by atoms with Gasteiger partial charge in [-0.1, -0.05) is 36.4 Å². The summed E-state index contributed by atoms with van der Waals surface area (Å²) in [6.45, 7) is 1.66. The van der Waals surface area contributed by atoms with Crippen molar-refractivity contribution in [2.75, 3.05) is 0 Å². The summed E-state index contributed by atoms with van der Waals surface area (Å²) >= 11 is 0. The highest BCUT2D eigenvalue weighted by atomic mass is 19.3. The van der Waals surface area contributed by atoms with Gasteiger partial charge in [0.15, 0.2) is 0 Å². The summed E-state index contributed by atoms with van der Waals surface area (Å²) in [6, 6.07) is 9.36. The van der Waals surface area contributed by atoms with Gasteiger partial charge < -0.3 is 5.73 Å². The van der Waals surface area contributed by atoms with Gasteiger partial charge in [-0.2, -0.15) is 0 Å². The van der Waals surface area contributed by atoms with Gasteiger partial charge in [-0.15, -0.1) is 0 Å². The van der Waals surface area contributed by atoms with Gasteiger partial charge in [0.1, 0.15) is 5.54 Å². The van der Waals surface area contributed by atoms with Crippen LogP contribution in [-0.4, -0.2) is 11.5 Å². The second-order valence-corrected chi connectivity index (χ2v) is 4.09. The molecular formula is C12H13F2N. The number of alkyl halides is 2. The van der Waals surface area contributed by atoms with E-state index in [2.05, 4.69) is 0 Å². The maximum Gasteiger partial charge on any atom is 0.272 e. The first-order valence-corrected chi connectivity index (χ1v) is 4.86. The fraction of sp³-hybridized carbons (Fsp3) is 0.333. The Balaban J connectivity index is 2.23. The van der Waals surface area contributed by atoms with E-state index >= 15 is 0 Å². The molecule has 1 aliphatic rings. The van der Waals surface area contributed by atoms with Gasteiger partial charge in [0.05, 0.1) is 0 Å². The standard InChI is InChI=1S/C12H13F2N/c1-9(11(15)8-12(11,13)14)7-10-5-3-2-4-6-10/h2-7H,8,15H2,1H3/b9-7+. The number of hydrogen-bond acceptors (Lipinski definition) is 1.